The van der Waals surface area contributed by atoms with Gasteiger partial charge in [0.25, 0.3) is 11.1 Å². The average molecular weight is 466 g/mol. The predicted octanol–water partition coefficient (Wildman–Crippen LogP) is 5.14. The molecule has 0 aromatic heterocycles. The van der Waals surface area contributed by atoms with E-state index in [0.717, 1.165) is 11.8 Å². The lowest BCUT2D eigenvalue weighted by Gasteiger charge is -2.14. The van der Waals surface area contributed by atoms with Gasteiger partial charge < -0.3 is 14.2 Å². The molecular weight excluding hydrogens is 445 g/mol. The minimum Gasteiger partial charge on any atom is -0.493 e. The van der Waals surface area contributed by atoms with Gasteiger partial charge in [0.05, 0.1) is 17.0 Å². The molecule has 164 valence electrons. The van der Waals surface area contributed by atoms with Gasteiger partial charge in [-0.3, -0.25) is 14.5 Å². The normalized spacial score (nSPS) is 15.1. The molecule has 9 heteroatoms. The number of ether oxygens (including phenoxy) is 3. The Morgan fingerprint density at radius 1 is 1.19 bits per heavy atom. The van der Waals surface area contributed by atoms with Gasteiger partial charge in [0.2, 0.25) is 0 Å². The van der Waals surface area contributed by atoms with Crippen LogP contribution in [-0.4, -0.2) is 43.4 Å². The first-order valence-electron chi connectivity index (χ1n) is 9.42. The molecule has 0 unspecified atom stereocenters. The minimum absolute atomic E-state index is 0.0253. The molecule has 3 rings (SSSR count). The Balaban J connectivity index is 1.79. The first kappa shape index (κ1) is 23.1. The molecule has 0 atom stereocenters. The summed E-state index contributed by atoms with van der Waals surface area (Å²) in [6.45, 7) is 0.729. The number of carbonyl (C=O) groups is 2. The van der Waals surface area contributed by atoms with Crippen LogP contribution in [0.1, 0.15) is 17.5 Å². The third-order valence-electron chi connectivity index (χ3n) is 4.48. The van der Waals surface area contributed by atoms with Crippen LogP contribution in [0.5, 0.6) is 11.5 Å². The summed E-state index contributed by atoms with van der Waals surface area (Å²) in [7, 11) is 3.02. The molecule has 1 saturated heterocycles. The SMILES string of the molecule is COCCCN1C(=O)S/C(=C/c2cc(Cl)c(OCc3ccccc3F)c(OC)c2)C1=O. The van der Waals surface area contributed by atoms with Crippen molar-refractivity contribution in [1.82, 2.24) is 4.90 Å². The van der Waals surface area contributed by atoms with Crippen LogP contribution in [-0.2, 0) is 16.1 Å². The highest BCUT2D eigenvalue weighted by molar-refractivity contribution is 8.18. The predicted molar refractivity (Wildman–Crippen MR) is 118 cm³/mol. The quantitative estimate of drug-likeness (QED) is 0.377. The van der Waals surface area contributed by atoms with Crippen molar-refractivity contribution in [3.05, 3.63) is 63.3 Å². The van der Waals surface area contributed by atoms with Gasteiger partial charge in [-0.1, -0.05) is 29.8 Å². The van der Waals surface area contributed by atoms with Crippen molar-refractivity contribution in [2.75, 3.05) is 27.4 Å². The van der Waals surface area contributed by atoms with Crippen LogP contribution in [0.25, 0.3) is 6.08 Å². The van der Waals surface area contributed by atoms with Crippen LogP contribution in [0, 0.1) is 5.82 Å². The second-order valence-electron chi connectivity index (χ2n) is 6.59. The molecule has 0 radical (unpaired) electrons. The molecule has 0 saturated carbocycles. The van der Waals surface area contributed by atoms with E-state index in [0.29, 0.717) is 41.4 Å². The number of rotatable bonds is 9. The van der Waals surface area contributed by atoms with Crippen molar-refractivity contribution in [2.45, 2.75) is 13.0 Å². The fourth-order valence-corrected chi connectivity index (χ4v) is 4.08. The van der Waals surface area contributed by atoms with Crippen LogP contribution >= 0.6 is 23.4 Å². The number of benzene rings is 2. The molecule has 31 heavy (non-hydrogen) atoms. The Labute approximate surface area is 188 Å². The molecule has 1 heterocycles. The average Bonchev–Trinajstić information content (AvgIpc) is 3.01. The van der Waals surface area contributed by atoms with E-state index in [2.05, 4.69) is 0 Å². The number of halogens is 2. The number of hydrogen-bond acceptors (Lipinski definition) is 6. The molecule has 0 aliphatic carbocycles. The Bertz CT molecular complexity index is 1010. The van der Waals surface area contributed by atoms with E-state index in [-0.39, 0.29) is 34.3 Å². The number of hydrogen-bond donors (Lipinski definition) is 0. The van der Waals surface area contributed by atoms with Crippen molar-refractivity contribution >= 4 is 40.6 Å². The number of amides is 2. The maximum atomic E-state index is 13.8. The maximum Gasteiger partial charge on any atom is 0.293 e. The molecule has 2 amide bonds. The Hall–Kier alpha value is -2.55. The number of thioether (sulfide) groups is 1. The second-order valence-corrected chi connectivity index (χ2v) is 7.99. The van der Waals surface area contributed by atoms with Crippen molar-refractivity contribution in [3.8, 4) is 11.5 Å². The Kier molecular flexibility index (Phi) is 7.95. The number of nitrogens with zero attached hydrogens (tertiary/aromatic N) is 1. The van der Waals surface area contributed by atoms with E-state index >= 15 is 0 Å². The van der Waals surface area contributed by atoms with Crippen LogP contribution in [0.2, 0.25) is 5.02 Å². The molecule has 1 fully saturated rings. The molecule has 1 aliphatic heterocycles. The summed E-state index contributed by atoms with van der Waals surface area (Å²) in [5.74, 6) is -0.150. The highest BCUT2D eigenvalue weighted by Crippen LogP contribution is 2.39. The van der Waals surface area contributed by atoms with Crippen molar-refractivity contribution in [2.24, 2.45) is 0 Å². The molecule has 6 nitrogen and oxygen atoms in total. The number of carbonyl (C=O) groups excluding carboxylic acids is 2. The zero-order valence-corrected chi connectivity index (χ0v) is 18.6. The molecular formula is C22H21ClFNO5S. The van der Waals surface area contributed by atoms with Gasteiger partial charge >= 0.3 is 0 Å². The lowest BCUT2D eigenvalue weighted by molar-refractivity contribution is -0.122. The Morgan fingerprint density at radius 3 is 2.68 bits per heavy atom. The topological polar surface area (TPSA) is 65.1 Å². The Morgan fingerprint density at radius 2 is 1.97 bits per heavy atom. The number of methoxy groups -OCH3 is 2. The zero-order chi connectivity index (χ0) is 22.4. The second kappa shape index (κ2) is 10.7. The first-order valence-corrected chi connectivity index (χ1v) is 10.6. The standard InChI is InChI=1S/C22H21ClFNO5S/c1-28-9-5-8-25-21(26)19(31-22(25)27)12-14-10-16(23)20(18(11-14)29-2)30-13-15-6-3-4-7-17(15)24/h3-4,6-7,10-12H,5,8-9,13H2,1-2H3/b19-12+. The smallest absolute Gasteiger partial charge is 0.293 e. The molecule has 1 aliphatic rings. The third-order valence-corrected chi connectivity index (χ3v) is 5.67. The highest BCUT2D eigenvalue weighted by Gasteiger charge is 2.34. The summed E-state index contributed by atoms with van der Waals surface area (Å²) in [6, 6.07) is 9.52. The van der Waals surface area contributed by atoms with E-state index in [1.165, 1.54) is 18.1 Å². The maximum absolute atomic E-state index is 13.8. The molecule has 0 N–H and O–H groups in total. The van der Waals surface area contributed by atoms with E-state index < -0.39 is 0 Å². The monoisotopic (exact) mass is 465 g/mol. The fraction of sp³-hybridized carbons (Fsp3) is 0.273. The summed E-state index contributed by atoms with van der Waals surface area (Å²) in [4.78, 5) is 26.2. The van der Waals surface area contributed by atoms with Gasteiger partial charge in [0.15, 0.2) is 11.5 Å². The van der Waals surface area contributed by atoms with Gasteiger partial charge in [-0.2, -0.15) is 0 Å². The van der Waals surface area contributed by atoms with E-state index in [4.69, 9.17) is 25.8 Å². The van der Waals surface area contributed by atoms with Crippen molar-refractivity contribution < 1.29 is 28.2 Å². The molecule has 2 aromatic carbocycles. The van der Waals surface area contributed by atoms with E-state index in [1.54, 1.807) is 43.5 Å². The summed E-state index contributed by atoms with van der Waals surface area (Å²) in [5, 5.41) is -0.0866. The van der Waals surface area contributed by atoms with Crippen LogP contribution in [0.3, 0.4) is 0 Å². The van der Waals surface area contributed by atoms with Gasteiger partial charge in [-0.15, -0.1) is 0 Å². The molecule has 2 aromatic rings. The van der Waals surface area contributed by atoms with Crippen molar-refractivity contribution in [1.29, 1.82) is 0 Å². The summed E-state index contributed by atoms with van der Waals surface area (Å²) < 4.78 is 29.9. The summed E-state index contributed by atoms with van der Waals surface area (Å²) in [5.41, 5.74) is 0.953. The van der Waals surface area contributed by atoms with Gasteiger partial charge in [-0.25, -0.2) is 4.39 Å². The molecule has 0 bridgehead atoms. The van der Waals surface area contributed by atoms with Crippen LogP contribution < -0.4 is 9.47 Å². The largest absolute Gasteiger partial charge is 0.493 e. The van der Waals surface area contributed by atoms with Gasteiger partial charge in [0.1, 0.15) is 12.4 Å². The van der Waals surface area contributed by atoms with Crippen LogP contribution in [0.15, 0.2) is 41.3 Å². The van der Waals surface area contributed by atoms with Crippen molar-refractivity contribution in [3.63, 3.8) is 0 Å². The van der Waals surface area contributed by atoms with E-state index in [1.807, 2.05) is 0 Å². The molecule has 0 spiro atoms. The minimum atomic E-state index is -0.379. The van der Waals surface area contributed by atoms with Gasteiger partial charge in [0, 0.05) is 25.8 Å². The lowest BCUT2D eigenvalue weighted by Crippen LogP contribution is -2.29. The fourth-order valence-electron chi connectivity index (χ4n) is 2.94. The van der Waals surface area contributed by atoms with E-state index in [9.17, 15) is 14.0 Å². The number of imide groups is 1. The van der Waals surface area contributed by atoms with Gasteiger partial charge in [-0.05, 0) is 48.0 Å². The summed E-state index contributed by atoms with van der Waals surface area (Å²) in [6.07, 6.45) is 2.14. The van der Waals surface area contributed by atoms with Crippen LogP contribution in [0.4, 0.5) is 9.18 Å². The zero-order valence-electron chi connectivity index (χ0n) is 17.0. The first-order chi connectivity index (χ1) is 14.9. The third kappa shape index (κ3) is 5.58. The lowest BCUT2D eigenvalue weighted by atomic mass is 10.1. The highest BCUT2D eigenvalue weighted by atomic mass is 35.5. The summed E-state index contributed by atoms with van der Waals surface area (Å²) >= 11 is 7.24.